The Bertz CT molecular complexity index is 105. The van der Waals surface area contributed by atoms with Gasteiger partial charge in [-0.05, 0) is 0 Å². The van der Waals surface area contributed by atoms with E-state index in [4.69, 9.17) is 4.79 Å². The summed E-state index contributed by atoms with van der Waals surface area (Å²) in [5.41, 5.74) is 4.42. The van der Waals surface area contributed by atoms with Gasteiger partial charge in [0.25, 0.3) is 0 Å². The summed E-state index contributed by atoms with van der Waals surface area (Å²) in [7, 11) is 0. The predicted octanol–water partition coefficient (Wildman–Crippen LogP) is -1.06. The summed E-state index contributed by atoms with van der Waals surface area (Å²) in [5.74, 6) is 0. The molecular weight excluding hydrogens is 274 g/mol. The van der Waals surface area contributed by atoms with Crippen molar-refractivity contribution in [3.8, 4) is 0 Å². The van der Waals surface area contributed by atoms with Gasteiger partial charge in [-0.2, -0.15) is 0 Å². The molecule has 0 saturated carbocycles. The molecule has 0 aromatic rings. The molecule has 0 heterocycles. The van der Waals surface area contributed by atoms with Gasteiger partial charge in [0.1, 0.15) is 0 Å². The van der Waals surface area contributed by atoms with E-state index >= 15 is 0 Å². The zero-order valence-corrected chi connectivity index (χ0v) is 8.48. The molecule has 9 heavy (non-hydrogen) atoms. The van der Waals surface area contributed by atoms with E-state index in [2.05, 4.69) is 34.6 Å². The van der Waals surface area contributed by atoms with Crippen LogP contribution in [0.1, 0.15) is 0 Å². The summed E-state index contributed by atoms with van der Waals surface area (Å²) >= 11 is 7.59. The van der Waals surface area contributed by atoms with Crippen LogP contribution in [0.4, 0.5) is 9.59 Å². The van der Waals surface area contributed by atoms with Gasteiger partial charge in [0.15, 0.2) is 0 Å². The fraction of sp³-hybridized carbons (Fsp3) is 0. The molecule has 0 saturated heterocycles. The Morgan fingerprint density at radius 2 is 1.56 bits per heavy atom. The van der Waals surface area contributed by atoms with Gasteiger partial charge in [-0.25, -0.2) is 0 Å². The van der Waals surface area contributed by atoms with Crippen molar-refractivity contribution in [1.29, 1.82) is 0 Å². The predicted molar refractivity (Wildman–Crippen MR) is 38.6 cm³/mol. The van der Waals surface area contributed by atoms with Gasteiger partial charge in [0.05, 0.1) is 0 Å². The van der Waals surface area contributed by atoms with Crippen LogP contribution in [-0.4, -0.2) is 41.6 Å². The van der Waals surface area contributed by atoms with Crippen molar-refractivity contribution in [2.45, 2.75) is 0 Å². The maximum atomic E-state index is 9.57. The molecule has 2 amide bonds. The standard InChI is InChI=1S/CH2NOSSe.CH2NOSe/c3-1(5)2-4;2-1(3)4/h4H,(H,2,3);(H2,2,3). The summed E-state index contributed by atoms with van der Waals surface area (Å²) in [4.78, 5) is 18.0. The van der Waals surface area contributed by atoms with E-state index in [0.29, 0.717) is 0 Å². The quantitative estimate of drug-likeness (QED) is 0.390. The van der Waals surface area contributed by atoms with Crippen LogP contribution in [0.25, 0.3) is 0 Å². The summed E-state index contributed by atoms with van der Waals surface area (Å²) in [5, 5.41) is 0. The number of nitrogens with one attached hydrogen (secondary N) is 1. The Kier molecular flexibility index (Phi) is 11.2. The van der Waals surface area contributed by atoms with E-state index < -0.39 is 4.81 Å². The fourth-order valence-electron chi connectivity index (χ4n) is 0. The number of primary amides is 1. The summed E-state index contributed by atoms with van der Waals surface area (Å²) < 4.78 is 2.03. The number of carbonyl (C=O) groups is 2. The van der Waals surface area contributed by atoms with E-state index in [1.54, 1.807) is 0 Å². The van der Waals surface area contributed by atoms with Crippen molar-refractivity contribution < 1.29 is 9.59 Å². The van der Waals surface area contributed by atoms with Gasteiger partial charge >= 0.3 is 74.5 Å². The van der Waals surface area contributed by atoms with Crippen LogP contribution in [0.3, 0.4) is 0 Å². The number of thiol groups is 1. The molecule has 0 aliphatic heterocycles. The second-order valence-corrected chi connectivity index (χ2v) is 2.56. The molecule has 0 atom stereocenters. The molecule has 0 fully saturated rings. The molecular formula is C2H4N2O2SSe2. The van der Waals surface area contributed by atoms with E-state index in [1.165, 1.54) is 0 Å². The van der Waals surface area contributed by atoms with Crippen LogP contribution < -0.4 is 10.5 Å². The number of carbonyl (C=O) groups excluding carboxylic acids is 2. The van der Waals surface area contributed by atoms with E-state index in [9.17, 15) is 4.79 Å². The van der Waals surface area contributed by atoms with Crippen LogP contribution in [0.15, 0.2) is 0 Å². The summed E-state index contributed by atoms with van der Waals surface area (Å²) in [6.07, 6.45) is 0. The third-order valence-corrected chi connectivity index (χ3v) is 0.848. The molecule has 0 aliphatic carbocycles. The molecule has 3 N–H and O–H groups in total. The molecule has 7 heteroatoms. The monoisotopic (exact) mass is 280 g/mol. The first-order valence-corrected chi connectivity index (χ1v) is 3.74. The van der Waals surface area contributed by atoms with Crippen LogP contribution in [0, 0.1) is 0 Å². The topological polar surface area (TPSA) is 72.2 Å². The molecule has 0 aliphatic rings. The van der Waals surface area contributed by atoms with Crippen molar-refractivity contribution in [2.75, 3.05) is 0 Å². The third-order valence-electron chi connectivity index (χ3n) is 0.0913. The minimum absolute atomic E-state index is 0.256. The number of hydrogen-bond donors (Lipinski definition) is 3. The Balaban J connectivity index is 0. The number of rotatable bonds is 0. The fourth-order valence-corrected chi connectivity index (χ4v) is 0. The first-order chi connectivity index (χ1) is 4.00. The van der Waals surface area contributed by atoms with E-state index in [-0.39, 0.29) is 4.81 Å². The molecule has 0 rings (SSSR count). The minimum atomic E-state index is -0.458. The summed E-state index contributed by atoms with van der Waals surface area (Å²) in [6, 6.07) is 0. The van der Waals surface area contributed by atoms with Crippen molar-refractivity contribution in [3.63, 3.8) is 0 Å². The average Bonchev–Trinajstić information content (AvgIpc) is 1.65. The first-order valence-electron chi connectivity index (χ1n) is 1.58. The van der Waals surface area contributed by atoms with E-state index in [0.717, 1.165) is 0 Å². The van der Waals surface area contributed by atoms with Crippen molar-refractivity contribution >= 4 is 54.5 Å². The van der Waals surface area contributed by atoms with Crippen molar-refractivity contribution in [2.24, 2.45) is 5.73 Å². The molecule has 0 spiro atoms. The Morgan fingerprint density at radius 3 is 1.56 bits per heavy atom. The molecule has 0 unspecified atom stereocenters. The van der Waals surface area contributed by atoms with E-state index in [1.807, 2.05) is 20.7 Å². The van der Waals surface area contributed by atoms with Crippen molar-refractivity contribution in [1.82, 2.24) is 4.72 Å². The number of hydrogen-bond acceptors (Lipinski definition) is 3. The maximum absolute atomic E-state index is 9.57. The first kappa shape index (κ1) is 12.0. The normalized spacial score (nSPS) is 6.33. The van der Waals surface area contributed by atoms with Gasteiger partial charge in [-0.3, -0.25) is 0 Å². The van der Waals surface area contributed by atoms with Gasteiger partial charge < -0.3 is 0 Å². The van der Waals surface area contributed by atoms with Crippen molar-refractivity contribution in [3.05, 3.63) is 0 Å². The molecule has 0 bridgehead atoms. The zero-order chi connectivity index (χ0) is 7.86. The van der Waals surface area contributed by atoms with Gasteiger partial charge in [0.2, 0.25) is 0 Å². The number of nitrogens with two attached hydrogens (primary N) is 1. The molecule has 4 nitrogen and oxygen atoms in total. The van der Waals surface area contributed by atoms with Crippen LogP contribution in [0.2, 0.25) is 0 Å². The second kappa shape index (κ2) is 8.33. The molecule has 52 valence electrons. The third kappa shape index (κ3) is 61.5. The number of amides is 2. The Hall–Kier alpha value is 0.329. The zero-order valence-electron chi connectivity index (χ0n) is 4.16. The average molecular weight is 278 g/mol. The van der Waals surface area contributed by atoms with Gasteiger partial charge in [-0.1, -0.05) is 0 Å². The van der Waals surface area contributed by atoms with Crippen LogP contribution >= 0.6 is 12.8 Å². The SMILES string of the molecule is NC(=O)[Se].O=C([Se])NS. The van der Waals surface area contributed by atoms with Crippen LogP contribution in [-0.2, 0) is 0 Å². The van der Waals surface area contributed by atoms with Gasteiger partial charge in [0, 0.05) is 0 Å². The Labute approximate surface area is 74.5 Å². The van der Waals surface area contributed by atoms with Crippen LogP contribution in [0.5, 0.6) is 0 Å². The Morgan fingerprint density at radius 1 is 1.44 bits per heavy atom. The summed E-state index contributed by atoms with van der Waals surface area (Å²) in [6.45, 7) is 0. The second-order valence-electron chi connectivity index (χ2n) is 0.718. The molecule has 2 radical (unpaired) electrons. The van der Waals surface area contributed by atoms with Gasteiger partial charge in [-0.15, -0.1) is 0 Å². The molecule has 0 aromatic heterocycles. The molecule has 0 aromatic carbocycles.